The maximum Gasteiger partial charge on any atom is 0.0897 e. The van der Waals surface area contributed by atoms with Gasteiger partial charge in [-0.15, -0.1) is 11.3 Å². The highest BCUT2D eigenvalue weighted by Gasteiger charge is 2.09. The van der Waals surface area contributed by atoms with Crippen molar-refractivity contribution in [1.29, 1.82) is 0 Å². The number of aryl methyl sites for hydroxylation is 1. The summed E-state index contributed by atoms with van der Waals surface area (Å²) in [5.41, 5.74) is 4.06. The fraction of sp³-hybridized carbons (Fsp3) is 0.750. The van der Waals surface area contributed by atoms with Gasteiger partial charge in [0, 0.05) is 17.8 Å². The van der Waals surface area contributed by atoms with Crippen LogP contribution in [0.3, 0.4) is 0 Å². The van der Waals surface area contributed by atoms with Crippen molar-refractivity contribution >= 4 is 11.3 Å². The molecule has 3 N–H and O–H groups in total. The molecule has 92 valence electrons. The predicted molar refractivity (Wildman–Crippen MR) is 70.4 cm³/mol. The SMILES string of the molecule is Cc1nc(CC(CCCC(C)C)NN)cs1. The Morgan fingerprint density at radius 1 is 1.44 bits per heavy atom. The lowest BCUT2D eigenvalue weighted by Gasteiger charge is -2.15. The lowest BCUT2D eigenvalue weighted by molar-refractivity contribution is 0.439. The quantitative estimate of drug-likeness (QED) is 0.570. The van der Waals surface area contributed by atoms with E-state index in [-0.39, 0.29) is 0 Å². The molecule has 1 atom stereocenters. The van der Waals surface area contributed by atoms with Crippen LogP contribution < -0.4 is 11.3 Å². The molecule has 1 heterocycles. The monoisotopic (exact) mass is 241 g/mol. The van der Waals surface area contributed by atoms with Gasteiger partial charge in [0.05, 0.1) is 10.7 Å². The number of aromatic nitrogens is 1. The Labute approximate surface area is 102 Å². The Morgan fingerprint density at radius 3 is 2.69 bits per heavy atom. The Kier molecular flexibility index (Phi) is 5.95. The molecule has 0 bridgehead atoms. The van der Waals surface area contributed by atoms with Gasteiger partial charge in [-0.25, -0.2) is 4.98 Å². The van der Waals surface area contributed by atoms with E-state index >= 15 is 0 Å². The van der Waals surface area contributed by atoms with Gasteiger partial charge in [-0.1, -0.05) is 26.7 Å². The maximum atomic E-state index is 5.57. The van der Waals surface area contributed by atoms with Crippen molar-refractivity contribution in [3.8, 4) is 0 Å². The van der Waals surface area contributed by atoms with Gasteiger partial charge in [0.15, 0.2) is 0 Å². The lowest BCUT2D eigenvalue weighted by atomic mass is 10.0. The normalized spacial score (nSPS) is 13.3. The Bertz CT molecular complexity index is 296. The standard InChI is InChI=1S/C12H23N3S/c1-9(2)5-4-6-11(15-13)7-12-8-16-10(3)14-12/h8-9,11,15H,4-7,13H2,1-3H3. The molecule has 0 radical (unpaired) electrons. The topological polar surface area (TPSA) is 50.9 Å². The molecule has 16 heavy (non-hydrogen) atoms. The maximum absolute atomic E-state index is 5.57. The van der Waals surface area contributed by atoms with E-state index in [1.54, 1.807) is 11.3 Å². The number of nitrogens with one attached hydrogen (secondary N) is 1. The molecule has 0 aliphatic heterocycles. The van der Waals surface area contributed by atoms with Crippen LogP contribution in [0.25, 0.3) is 0 Å². The highest BCUT2D eigenvalue weighted by atomic mass is 32.1. The summed E-state index contributed by atoms with van der Waals surface area (Å²) in [6, 6.07) is 0.361. The van der Waals surface area contributed by atoms with Crippen LogP contribution in [0.4, 0.5) is 0 Å². The number of hydrogen-bond acceptors (Lipinski definition) is 4. The van der Waals surface area contributed by atoms with E-state index < -0.39 is 0 Å². The molecule has 1 rings (SSSR count). The molecule has 0 aromatic carbocycles. The second kappa shape index (κ2) is 6.99. The summed E-state index contributed by atoms with van der Waals surface area (Å²) in [6.07, 6.45) is 4.58. The van der Waals surface area contributed by atoms with Gasteiger partial charge in [0.25, 0.3) is 0 Å². The van der Waals surface area contributed by atoms with E-state index in [9.17, 15) is 0 Å². The third kappa shape index (κ3) is 5.05. The summed E-state index contributed by atoms with van der Waals surface area (Å²) < 4.78 is 0. The second-order valence-electron chi connectivity index (χ2n) is 4.75. The summed E-state index contributed by atoms with van der Waals surface area (Å²) in [4.78, 5) is 4.46. The fourth-order valence-corrected chi connectivity index (χ4v) is 2.40. The summed E-state index contributed by atoms with van der Waals surface area (Å²) in [7, 11) is 0. The van der Waals surface area contributed by atoms with E-state index in [1.807, 2.05) is 6.92 Å². The first-order valence-electron chi connectivity index (χ1n) is 5.99. The summed E-state index contributed by atoms with van der Waals surface area (Å²) in [5.74, 6) is 6.35. The first-order valence-corrected chi connectivity index (χ1v) is 6.87. The van der Waals surface area contributed by atoms with Gasteiger partial charge in [-0.05, 0) is 19.3 Å². The van der Waals surface area contributed by atoms with Crippen molar-refractivity contribution in [1.82, 2.24) is 10.4 Å². The molecule has 4 heteroatoms. The number of rotatable bonds is 7. The van der Waals surface area contributed by atoms with E-state index in [4.69, 9.17) is 5.84 Å². The summed E-state index contributed by atoms with van der Waals surface area (Å²) >= 11 is 1.71. The highest BCUT2D eigenvalue weighted by Crippen LogP contribution is 2.14. The van der Waals surface area contributed by atoms with Crippen molar-refractivity contribution in [3.05, 3.63) is 16.1 Å². The molecule has 0 aliphatic rings. The molecular weight excluding hydrogens is 218 g/mol. The minimum atomic E-state index is 0.361. The van der Waals surface area contributed by atoms with Crippen molar-refractivity contribution < 1.29 is 0 Å². The van der Waals surface area contributed by atoms with Gasteiger partial charge in [0.1, 0.15) is 0 Å². The van der Waals surface area contributed by atoms with Crippen molar-refractivity contribution in [3.63, 3.8) is 0 Å². The second-order valence-corrected chi connectivity index (χ2v) is 5.81. The minimum absolute atomic E-state index is 0.361. The number of nitrogens with zero attached hydrogens (tertiary/aromatic N) is 1. The van der Waals surface area contributed by atoms with E-state index in [0.29, 0.717) is 6.04 Å². The number of hydrazine groups is 1. The molecule has 1 aromatic heterocycles. The molecule has 1 aromatic rings. The minimum Gasteiger partial charge on any atom is -0.271 e. The largest absolute Gasteiger partial charge is 0.271 e. The molecule has 0 fully saturated rings. The van der Waals surface area contributed by atoms with Crippen molar-refractivity contribution in [2.75, 3.05) is 0 Å². The third-order valence-corrected chi connectivity index (χ3v) is 3.51. The van der Waals surface area contributed by atoms with Gasteiger partial charge in [0.2, 0.25) is 0 Å². The Balaban J connectivity index is 2.31. The van der Waals surface area contributed by atoms with Gasteiger partial charge >= 0.3 is 0 Å². The summed E-state index contributed by atoms with van der Waals surface area (Å²) in [6.45, 7) is 6.56. The van der Waals surface area contributed by atoms with Gasteiger partial charge < -0.3 is 0 Å². The van der Waals surface area contributed by atoms with Crippen LogP contribution in [0.15, 0.2) is 5.38 Å². The van der Waals surface area contributed by atoms with Crippen molar-refractivity contribution in [2.24, 2.45) is 11.8 Å². The first-order chi connectivity index (χ1) is 7.61. The number of hydrogen-bond donors (Lipinski definition) is 2. The Morgan fingerprint density at radius 2 is 2.19 bits per heavy atom. The first kappa shape index (κ1) is 13.6. The predicted octanol–water partition coefficient (Wildman–Crippen LogP) is 2.65. The molecule has 0 amide bonds. The van der Waals surface area contributed by atoms with Crippen LogP contribution in [0.5, 0.6) is 0 Å². The molecule has 1 unspecified atom stereocenters. The molecular formula is C12H23N3S. The zero-order valence-electron chi connectivity index (χ0n) is 10.5. The smallest absolute Gasteiger partial charge is 0.0897 e. The number of thiazole rings is 1. The van der Waals surface area contributed by atoms with Crippen LogP contribution in [-0.2, 0) is 6.42 Å². The van der Waals surface area contributed by atoms with E-state index in [0.717, 1.165) is 29.5 Å². The van der Waals surface area contributed by atoms with E-state index in [2.05, 4.69) is 29.6 Å². The van der Waals surface area contributed by atoms with Crippen LogP contribution >= 0.6 is 11.3 Å². The van der Waals surface area contributed by atoms with E-state index in [1.165, 1.54) is 12.8 Å². The number of nitrogens with two attached hydrogens (primary N) is 1. The third-order valence-electron chi connectivity index (χ3n) is 2.69. The van der Waals surface area contributed by atoms with Crippen molar-refractivity contribution in [2.45, 2.75) is 52.5 Å². The zero-order valence-corrected chi connectivity index (χ0v) is 11.3. The Hall–Kier alpha value is -0.450. The molecule has 0 saturated heterocycles. The molecule has 0 saturated carbocycles. The van der Waals surface area contributed by atoms with Crippen LogP contribution in [-0.4, -0.2) is 11.0 Å². The lowest BCUT2D eigenvalue weighted by Crippen LogP contribution is -2.36. The fourth-order valence-electron chi connectivity index (χ4n) is 1.77. The van der Waals surface area contributed by atoms with Gasteiger partial charge in [-0.3, -0.25) is 11.3 Å². The average molecular weight is 241 g/mol. The molecule has 0 spiro atoms. The van der Waals surface area contributed by atoms with Crippen LogP contribution in [0.2, 0.25) is 0 Å². The van der Waals surface area contributed by atoms with Gasteiger partial charge in [-0.2, -0.15) is 0 Å². The molecule has 0 aliphatic carbocycles. The zero-order chi connectivity index (χ0) is 12.0. The van der Waals surface area contributed by atoms with Crippen LogP contribution in [0.1, 0.15) is 43.8 Å². The average Bonchev–Trinajstić information content (AvgIpc) is 2.62. The highest BCUT2D eigenvalue weighted by molar-refractivity contribution is 7.09. The molecule has 3 nitrogen and oxygen atoms in total. The van der Waals surface area contributed by atoms with Crippen LogP contribution in [0, 0.1) is 12.8 Å². The summed E-state index contributed by atoms with van der Waals surface area (Å²) in [5, 5.41) is 3.26.